The molecule has 1 saturated heterocycles. The number of benzene rings is 2. The summed E-state index contributed by atoms with van der Waals surface area (Å²) in [6.45, 7) is 6.09. The molecule has 35 heavy (non-hydrogen) atoms. The van der Waals surface area contributed by atoms with Crippen molar-refractivity contribution >= 4 is 28.5 Å². The maximum absolute atomic E-state index is 6.36. The SMILES string of the molecule is CN=C(N)N(c1cc2ccccc2o1)c1cc(CCCCN2CCN(C3CC3)CC2)ccc1OC. The van der Waals surface area contributed by atoms with Gasteiger partial charge in [-0.2, -0.15) is 0 Å². The molecule has 186 valence electrons. The van der Waals surface area contributed by atoms with Crippen LogP contribution in [0.25, 0.3) is 11.0 Å². The molecule has 2 N–H and O–H groups in total. The lowest BCUT2D eigenvalue weighted by Crippen LogP contribution is -2.47. The zero-order chi connectivity index (χ0) is 24.2. The number of unbranched alkanes of at least 4 members (excludes halogenated alkanes) is 1. The highest BCUT2D eigenvalue weighted by Crippen LogP contribution is 2.37. The minimum atomic E-state index is 0.352. The number of piperazine rings is 1. The van der Waals surface area contributed by atoms with Crippen LogP contribution in [0.2, 0.25) is 0 Å². The van der Waals surface area contributed by atoms with Crippen molar-refractivity contribution in [1.82, 2.24) is 9.80 Å². The second kappa shape index (κ2) is 10.7. The van der Waals surface area contributed by atoms with Crippen molar-refractivity contribution in [2.24, 2.45) is 10.7 Å². The normalized spacial score (nSPS) is 17.7. The number of nitrogens with two attached hydrogens (primary N) is 1. The molecule has 7 nitrogen and oxygen atoms in total. The van der Waals surface area contributed by atoms with E-state index in [1.807, 2.05) is 41.3 Å². The number of anilines is 2. The summed E-state index contributed by atoms with van der Waals surface area (Å²) in [6, 6.07) is 17.1. The molecule has 7 heteroatoms. The highest BCUT2D eigenvalue weighted by atomic mass is 16.5. The number of fused-ring (bicyclic) bond motifs is 1. The smallest absolute Gasteiger partial charge is 0.208 e. The molecule has 3 aromatic rings. The van der Waals surface area contributed by atoms with E-state index in [1.54, 1.807) is 14.2 Å². The van der Waals surface area contributed by atoms with Crippen molar-refractivity contribution in [2.75, 3.05) is 51.8 Å². The summed E-state index contributed by atoms with van der Waals surface area (Å²) in [7, 11) is 3.36. The van der Waals surface area contributed by atoms with Gasteiger partial charge in [-0.25, -0.2) is 4.90 Å². The van der Waals surface area contributed by atoms with Gasteiger partial charge in [0.05, 0.1) is 12.8 Å². The molecule has 2 heterocycles. The lowest BCUT2D eigenvalue weighted by molar-refractivity contribution is 0.125. The Morgan fingerprint density at radius 1 is 1.09 bits per heavy atom. The molecule has 0 unspecified atom stereocenters. The number of hydrogen-bond acceptors (Lipinski definition) is 5. The number of para-hydroxylation sites is 1. The molecule has 1 saturated carbocycles. The molecule has 2 fully saturated rings. The van der Waals surface area contributed by atoms with Crippen molar-refractivity contribution in [3.8, 4) is 5.75 Å². The average molecular weight is 476 g/mol. The summed E-state index contributed by atoms with van der Waals surface area (Å²) in [5, 5.41) is 1.02. The molecular weight excluding hydrogens is 438 g/mol. The molecule has 0 amide bonds. The Morgan fingerprint density at radius 3 is 2.60 bits per heavy atom. The summed E-state index contributed by atoms with van der Waals surface area (Å²) >= 11 is 0. The summed E-state index contributed by atoms with van der Waals surface area (Å²) in [6.07, 6.45) is 6.18. The van der Waals surface area contributed by atoms with Crippen molar-refractivity contribution in [3.63, 3.8) is 0 Å². The Hall–Kier alpha value is -3.03. The number of aliphatic imine (C=N–C) groups is 1. The first kappa shape index (κ1) is 23.7. The predicted molar refractivity (Wildman–Crippen MR) is 143 cm³/mol. The van der Waals surface area contributed by atoms with E-state index in [4.69, 9.17) is 14.9 Å². The predicted octanol–water partition coefficient (Wildman–Crippen LogP) is 4.63. The van der Waals surface area contributed by atoms with Gasteiger partial charge in [0.1, 0.15) is 11.3 Å². The summed E-state index contributed by atoms with van der Waals surface area (Å²) in [4.78, 5) is 11.4. The Bertz CT molecular complexity index is 1130. The summed E-state index contributed by atoms with van der Waals surface area (Å²) < 4.78 is 11.8. The van der Waals surface area contributed by atoms with Crippen LogP contribution in [-0.2, 0) is 6.42 Å². The fourth-order valence-electron chi connectivity index (χ4n) is 5.06. The van der Waals surface area contributed by atoms with E-state index in [0.29, 0.717) is 11.8 Å². The Morgan fingerprint density at radius 2 is 1.89 bits per heavy atom. The van der Waals surface area contributed by atoms with Crippen LogP contribution >= 0.6 is 0 Å². The molecule has 1 aromatic heterocycles. The van der Waals surface area contributed by atoms with Crippen LogP contribution in [0.15, 0.2) is 57.9 Å². The quantitative estimate of drug-likeness (QED) is 0.277. The first-order valence-corrected chi connectivity index (χ1v) is 12.8. The number of ether oxygens (including phenoxy) is 1. The number of guanidine groups is 1. The Kier molecular flexibility index (Phi) is 7.25. The fraction of sp³-hybridized carbons (Fsp3) is 0.464. The highest BCUT2D eigenvalue weighted by molar-refractivity contribution is 6.03. The van der Waals surface area contributed by atoms with Gasteiger partial charge >= 0.3 is 0 Å². The third kappa shape index (κ3) is 5.46. The number of aryl methyl sites for hydroxylation is 1. The van der Waals surface area contributed by atoms with Crippen molar-refractivity contribution in [2.45, 2.75) is 38.1 Å². The van der Waals surface area contributed by atoms with Gasteiger partial charge in [0.2, 0.25) is 11.8 Å². The molecule has 2 aromatic carbocycles. The van der Waals surface area contributed by atoms with Gasteiger partial charge in [0.15, 0.2) is 0 Å². The van der Waals surface area contributed by atoms with E-state index >= 15 is 0 Å². The molecule has 0 atom stereocenters. The van der Waals surface area contributed by atoms with Crippen LogP contribution in [0.4, 0.5) is 11.6 Å². The van der Waals surface area contributed by atoms with Gasteiger partial charge in [-0.3, -0.25) is 9.89 Å². The van der Waals surface area contributed by atoms with E-state index in [0.717, 1.165) is 41.3 Å². The van der Waals surface area contributed by atoms with E-state index < -0.39 is 0 Å². The molecular formula is C28H37N5O2. The third-order valence-electron chi connectivity index (χ3n) is 7.24. The van der Waals surface area contributed by atoms with Crippen LogP contribution < -0.4 is 15.4 Å². The van der Waals surface area contributed by atoms with Crippen LogP contribution in [-0.4, -0.2) is 68.7 Å². The minimum Gasteiger partial charge on any atom is -0.495 e. The largest absolute Gasteiger partial charge is 0.495 e. The van der Waals surface area contributed by atoms with E-state index in [-0.39, 0.29) is 0 Å². The third-order valence-corrected chi connectivity index (χ3v) is 7.24. The second-order valence-corrected chi connectivity index (χ2v) is 9.61. The Balaban J connectivity index is 1.26. The molecule has 0 radical (unpaired) electrons. The number of rotatable bonds is 9. The van der Waals surface area contributed by atoms with Crippen LogP contribution in [0.3, 0.4) is 0 Å². The highest BCUT2D eigenvalue weighted by Gasteiger charge is 2.31. The summed E-state index contributed by atoms with van der Waals surface area (Å²) in [5.74, 6) is 1.70. The molecule has 1 aliphatic carbocycles. The fourth-order valence-corrected chi connectivity index (χ4v) is 5.06. The first-order valence-electron chi connectivity index (χ1n) is 12.8. The van der Waals surface area contributed by atoms with Gasteiger partial charge in [-0.05, 0) is 62.4 Å². The maximum atomic E-state index is 6.36. The van der Waals surface area contributed by atoms with E-state index in [9.17, 15) is 0 Å². The molecule has 2 aliphatic rings. The van der Waals surface area contributed by atoms with Crippen molar-refractivity contribution < 1.29 is 9.15 Å². The lowest BCUT2D eigenvalue weighted by atomic mass is 10.1. The van der Waals surface area contributed by atoms with Gasteiger partial charge in [0.25, 0.3) is 0 Å². The Labute approximate surface area is 208 Å². The number of hydrogen-bond donors (Lipinski definition) is 1. The van der Waals surface area contributed by atoms with Crippen LogP contribution in [0, 0.1) is 0 Å². The van der Waals surface area contributed by atoms with E-state index in [2.05, 4.69) is 26.9 Å². The van der Waals surface area contributed by atoms with Gasteiger partial charge in [-0.1, -0.05) is 24.3 Å². The van der Waals surface area contributed by atoms with Gasteiger partial charge in [0, 0.05) is 50.7 Å². The van der Waals surface area contributed by atoms with E-state index in [1.165, 1.54) is 57.5 Å². The number of methoxy groups -OCH3 is 1. The number of nitrogens with zero attached hydrogens (tertiary/aromatic N) is 4. The van der Waals surface area contributed by atoms with Crippen LogP contribution in [0.1, 0.15) is 31.2 Å². The summed E-state index contributed by atoms with van der Waals surface area (Å²) in [5.41, 5.74) is 9.26. The molecule has 1 aliphatic heterocycles. The van der Waals surface area contributed by atoms with Gasteiger partial charge < -0.3 is 19.8 Å². The zero-order valence-corrected chi connectivity index (χ0v) is 20.9. The lowest BCUT2D eigenvalue weighted by Gasteiger charge is -2.34. The topological polar surface area (TPSA) is 70.5 Å². The second-order valence-electron chi connectivity index (χ2n) is 9.61. The zero-order valence-electron chi connectivity index (χ0n) is 20.9. The standard InChI is InChI=1S/C28H37N5O2/c1-30-28(29)33(27-20-22-8-3-4-9-25(22)35-27)24-19-21(10-13-26(24)34-2)7-5-6-14-31-15-17-32(18-16-31)23-11-12-23/h3-4,8-10,13,19-20,23H,5-7,11-12,14-18H2,1-2H3,(H2,29,30). The average Bonchev–Trinajstić information content (AvgIpc) is 3.66. The van der Waals surface area contributed by atoms with Crippen molar-refractivity contribution in [3.05, 3.63) is 54.1 Å². The molecule has 0 bridgehead atoms. The molecule has 0 spiro atoms. The van der Waals surface area contributed by atoms with Crippen molar-refractivity contribution in [1.29, 1.82) is 0 Å². The minimum absolute atomic E-state index is 0.352. The number of furan rings is 1. The first-order chi connectivity index (χ1) is 17.2. The maximum Gasteiger partial charge on any atom is 0.208 e. The van der Waals surface area contributed by atoms with Gasteiger partial charge in [-0.15, -0.1) is 0 Å². The monoisotopic (exact) mass is 475 g/mol. The van der Waals surface area contributed by atoms with Crippen LogP contribution in [0.5, 0.6) is 5.75 Å². The molecule has 5 rings (SSSR count).